The number of esters is 1. The highest BCUT2D eigenvalue weighted by molar-refractivity contribution is 6.47. The summed E-state index contributed by atoms with van der Waals surface area (Å²) in [7, 11) is -1.36. The van der Waals surface area contributed by atoms with Crippen LogP contribution in [0.15, 0.2) is 6.07 Å². The smallest absolute Gasteiger partial charge is 0.534 e. The van der Waals surface area contributed by atoms with Gasteiger partial charge in [0.2, 0.25) is 5.91 Å². The van der Waals surface area contributed by atoms with Crippen LogP contribution in [0.4, 0.5) is 0 Å². The molecule has 2 rings (SSSR count). The van der Waals surface area contributed by atoms with Crippen LogP contribution in [0, 0.1) is 5.41 Å². The van der Waals surface area contributed by atoms with Gasteiger partial charge < -0.3 is 29.6 Å². The number of rotatable bonds is 6. The van der Waals surface area contributed by atoms with E-state index in [9.17, 15) is 19.7 Å². The van der Waals surface area contributed by atoms with Crippen molar-refractivity contribution in [3.05, 3.63) is 27.2 Å². The van der Waals surface area contributed by atoms with E-state index >= 15 is 0 Å². The monoisotopic (exact) mass is 447 g/mol. The van der Waals surface area contributed by atoms with E-state index in [0.717, 1.165) is 0 Å². The van der Waals surface area contributed by atoms with Crippen LogP contribution in [-0.2, 0) is 25.5 Å². The van der Waals surface area contributed by atoms with Crippen molar-refractivity contribution < 1.29 is 33.8 Å². The van der Waals surface area contributed by atoms with Gasteiger partial charge in [0.15, 0.2) is 13.1 Å². The van der Waals surface area contributed by atoms with E-state index in [1.807, 2.05) is 0 Å². The first-order valence-electron chi connectivity index (χ1n) is 9.07. The normalized spacial score (nSPS) is 17.2. The van der Waals surface area contributed by atoms with Crippen LogP contribution in [0.25, 0.3) is 0 Å². The van der Waals surface area contributed by atoms with E-state index in [1.54, 1.807) is 27.7 Å². The van der Waals surface area contributed by atoms with Crippen LogP contribution in [0.3, 0.4) is 0 Å². The maximum absolute atomic E-state index is 11.8. The van der Waals surface area contributed by atoms with Gasteiger partial charge in [-0.3, -0.25) is 9.59 Å². The van der Waals surface area contributed by atoms with Gasteiger partial charge in [-0.15, -0.1) is 0 Å². The lowest BCUT2D eigenvalue weighted by molar-refractivity contribution is -0.193. The molecule has 1 aromatic rings. The van der Waals surface area contributed by atoms with Gasteiger partial charge in [-0.1, -0.05) is 30.1 Å². The predicted octanol–water partition coefficient (Wildman–Crippen LogP) is 2.40. The third-order valence-corrected chi connectivity index (χ3v) is 5.05. The first kappa shape index (κ1) is 23.8. The Labute approximate surface area is 179 Å². The molecule has 1 aliphatic rings. The van der Waals surface area contributed by atoms with E-state index in [0.29, 0.717) is 5.56 Å². The Morgan fingerprint density at radius 2 is 2.07 bits per heavy atom. The van der Waals surface area contributed by atoms with Crippen LogP contribution in [0.1, 0.15) is 51.5 Å². The Balaban J connectivity index is 2.21. The topological polar surface area (TPSA) is 114 Å². The Kier molecular flexibility index (Phi) is 7.81. The van der Waals surface area contributed by atoms with Gasteiger partial charge in [-0.05, 0) is 38.8 Å². The first-order valence-corrected chi connectivity index (χ1v) is 9.83. The molecule has 1 amide bonds. The second-order valence-electron chi connectivity index (χ2n) is 7.63. The highest BCUT2D eigenvalue weighted by atomic mass is 35.5. The van der Waals surface area contributed by atoms with E-state index < -0.39 is 37.5 Å². The Hall–Kier alpha value is -1.52. The Morgan fingerprint density at radius 1 is 1.41 bits per heavy atom. The van der Waals surface area contributed by atoms with Crippen LogP contribution in [-0.4, -0.2) is 41.9 Å². The lowest BCUT2D eigenvalue weighted by Gasteiger charge is -2.31. The molecule has 3 N–H and O–H groups in total. The largest absolute Gasteiger partial charge is 0.547 e. The average molecular weight is 448 g/mol. The van der Waals surface area contributed by atoms with Crippen molar-refractivity contribution in [2.45, 2.75) is 52.8 Å². The van der Waals surface area contributed by atoms with Crippen LogP contribution in [0.2, 0.25) is 10.0 Å². The molecule has 0 radical (unpaired) electrons. The Morgan fingerprint density at radius 3 is 2.66 bits per heavy atom. The summed E-state index contributed by atoms with van der Waals surface area (Å²) in [6, 6.07) is 1.53. The number of nitrogens with one attached hydrogen (secondary N) is 1. The van der Waals surface area contributed by atoms with E-state index in [4.69, 9.17) is 37.3 Å². The summed E-state index contributed by atoms with van der Waals surface area (Å²) in [4.78, 5) is 23.5. The number of carbonyl (C=O) groups excluding carboxylic acids is 2. The third kappa shape index (κ3) is 5.76. The number of carbonyl (C=O) groups is 2. The molecule has 8 nitrogen and oxygen atoms in total. The number of amides is 1. The maximum Gasteiger partial charge on any atom is 0.547 e. The molecule has 1 aromatic carbocycles. The summed E-state index contributed by atoms with van der Waals surface area (Å²) >= 11 is 12.4. The van der Waals surface area contributed by atoms with Crippen molar-refractivity contribution >= 4 is 42.2 Å². The second kappa shape index (κ2) is 9.53. The number of hydrogen-bond donors (Lipinski definition) is 3. The molecule has 1 aliphatic heterocycles. The van der Waals surface area contributed by atoms with Crippen LogP contribution in [0.5, 0.6) is 5.75 Å². The number of halogens is 2. The molecule has 0 aliphatic carbocycles. The zero-order valence-electron chi connectivity index (χ0n) is 16.6. The number of fused-ring (bicyclic) bond motifs is 1. The van der Waals surface area contributed by atoms with Gasteiger partial charge in [-0.25, -0.2) is 0 Å². The lowest BCUT2D eigenvalue weighted by atomic mass is 9.72. The summed E-state index contributed by atoms with van der Waals surface area (Å²) in [5.41, 5.74) is -0.206. The number of aliphatic hydroxyl groups excluding tert-OH is 1. The standard InChI is InChI=1S/C18H24BCl2NO7/c1-5-12(23)22-11-7-9-6-10(20)14(21)13(15(9)29-19(11)26)16(24)27-8-28-17(25)18(2,3)4/h6,11,16,24,26H,5,7-8H2,1-4H3,(H,22,23)/t11-,16?/m0/s1. The molecule has 0 saturated heterocycles. The van der Waals surface area contributed by atoms with Crippen molar-refractivity contribution in [3.63, 3.8) is 0 Å². The highest BCUT2D eigenvalue weighted by Crippen LogP contribution is 2.43. The zero-order valence-corrected chi connectivity index (χ0v) is 18.1. The summed E-state index contributed by atoms with van der Waals surface area (Å²) in [6.45, 7) is 6.21. The number of benzene rings is 1. The second-order valence-corrected chi connectivity index (χ2v) is 8.42. The average Bonchev–Trinajstić information content (AvgIpc) is 2.63. The maximum atomic E-state index is 11.8. The van der Waals surface area contributed by atoms with Gasteiger partial charge in [0.1, 0.15) is 5.75 Å². The fourth-order valence-corrected chi connectivity index (χ4v) is 3.09. The molecule has 29 heavy (non-hydrogen) atoms. The molecule has 1 heterocycles. The zero-order chi connectivity index (χ0) is 21.9. The minimum Gasteiger partial charge on any atom is -0.534 e. The third-order valence-electron chi connectivity index (χ3n) is 4.25. The SMILES string of the molecule is CCC(=O)N[C@H]1Cc2cc(Cl)c(Cl)c(C(O)OCOC(=O)C(C)(C)C)c2OB1O. The predicted molar refractivity (Wildman–Crippen MR) is 107 cm³/mol. The summed E-state index contributed by atoms with van der Waals surface area (Å²) in [6.07, 6.45) is -1.17. The molecule has 0 saturated carbocycles. The van der Waals surface area contributed by atoms with Crippen LogP contribution >= 0.6 is 23.2 Å². The van der Waals surface area contributed by atoms with Crippen molar-refractivity contribution in [3.8, 4) is 5.75 Å². The molecular formula is C18H24BCl2NO7. The van der Waals surface area contributed by atoms with Crippen LogP contribution < -0.4 is 9.97 Å². The van der Waals surface area contributed by atoms with Crippen molar-refractivity contribution in [1.29, 1.82) is 0 Å². The van der Waals surface area contributed by atoms with Crippen molar-refractivity contribution in [2.24, 2.45) is 5.41 Å². The van der Waals surface area contributed by atoms with E-state index in [1.165, 1.54) is 6.07 Å². The van der Waals surface area contributed by atoms with Gasteiger partial charge in [-0.2, -0.15) is 0 Å². The molecule has 0 spiro atoms. The molecule has 11 heteroatoms. The number of aliphatic hydroxyl groups is 1. The summed E-state index contributed by atoms with van der Waals surface area (Å²) < 4.78 is 15.7. The van der Waals surface area contributed by atoms with E-state index in [-0.39, 0.29) is 40.1 Å². The molecule has 2 atom stereocenters. The van der Waals surface area contributed by atoms with Gasteiger partial charge in [0, 0.05) is 6.42 Å². The quantitative estimate of drug-likeness (QED) is 0.348. The Bertz CT molecular complexity index is 784. The highest BCUT2D eigenvalue weighted by Gasteiger charge is 2.39. The number of hydrogen-bond acceptors (Lipinski definition) is 7. The molecule has 0 aromatic heterocycles. The van der Waals surface area contributed by atoms with Crippen molar-refractivity contribution in [2.75, 3.05) is 6.79 Å². The van der Waals surface area contributed by atoms with Gasteiger partial charge in [0.05, 0.1) is 27.0 Å². The van der Waals surface area contributed by atoms with Gasteiger partial charge in [0.25, 0.3) is 0 Å². The minimum absolute atomic E-state index is 0.000271. The molecule has 1 unspecified atom stereocenters. The van der Waals surface area contributed by atoms with Gasteiger partial charge >= 0.3 is 13.1 Å². The molecule has 160 valence electrons. The fourth-order valence-electron chi connectivity index (χ4n) is 2.62. The molecule has 0 bridgehead atoms. The summed E-state index contributed by atoms with van der Waals surface area (Å²) in [5.74, 6) is -1.34. The molecular weight excluding hydrogens is 424 g/mol. The van der Waals surface area contributed by atoms with Crippen molar-refractivity contribution in [1.82, 2.24) is 5.32 Å². The first-order chi connectivity index (χ1) is 13.5. The lowest BCUT2D eigenvalue weighted by Crippen LogP contribution is -2.53. The number of ether oxygens (including phenoxy) is 2. The fraction of sp³-hybridized carbons (Fsp3) is 0.556. The molecule has 0 fully saturated rings. The van der Waals surface area contributed by atoms with E-state index in [2.05, 4.69) is 5.32 Å². The minimum atomic E-state index is -1.63. The summed E-state index contributed by atoms with van der Waals surface area (Å²) in [5, 5.41) is 23.5.